The molecule has 3 N–H and O–H groups in total. The first-order chi connectivity index (χ1) is 21.2. The average Bonchev–Trinajstić information content (AvgIpc) is 3.01. The Kier molecular flexibility index (Phi) is 13.2. The third-order valence-electron chi connectivity index (χ3n) is 7.13. The zero-order valence-corrected chi connectivity index (χ0v) is 27.0. The van der Waals surface area contributed by atoms with E-state index in [4.69, 9.17) is 44.3 Å². The minimum Gasteiger partial charge on any atom is -0.494 e. The number of hydrogen-bond donors (Lipinski definition) is 3. The molecule has 10 nitrogen and oxygen atoms in total. The zero-order chi connectivity index (χ0) is 31.5. The predicted molar refractivity (Wildman–Crippen MR) is 169 cm³/mol. The topological polar surface area (TPSA) is 109 Å². The molecule has 1 aromatic carbocycles. The molecule has 0 unspecified atom stereocenters. The van der Waals surface area contributed by atoms with Gasteiger partial charge in [0.25, 0.3) is 0 Å². The summed E-state index contributed by atoms with van der Waals surface area (Å²) in [6.45, 7) is 9.25. The molecule has 2 aromatic heterocycles. The van der Waals surface area contributed by atoms with Gasteiger partial charge in [0.2, 0.25) is 10.6 Å². The number of aromatic nitrogens is 4. The molecule has 15 heteroatoms. The highest BCUT2D eigenvalue weighted by atomic mass is 35.5. The van der Waals surface area contributed by atoms with E-state index < -0.39 is 11.6 Å². The molecular weight excluding hydrogens is 637 g/mol. The minimum absolute atomic E-state index is 0.0280. The van der Waals surface area contributed by atoms with E-state index in [1.54, 1.807) is 0 Å². The molecule has 4 heterocycles. The molecule has 3 aromatic rings. The van der Waals surface area contributed by atoms with Crippen molar-refractivity contribution in [1.82, 2.24) is 30.2 Å². The summed E-state index contributed by atoms with van der Waals surface area (Å²) < 4.78 is 38.4. The van der Waals surface area contributed by atoms with E-state index in [1.165, 1.54) is 0 Å². The van der Waals surface area contributed by atoms with Crippen molar-refractivity contribution in [3.63, 3.8) is 0 Å². The van der Waals surface area contributed by atoms with Crippen LogP contribution in [0.1, 0.15) is 45.1 Å². The minimum atomic E-state index is -0.500. The summed E-state index contributed by atoms with van der Waals surface area (Å²) in [6, 6.07) is 4.18. The number of likely N-dealkylation sites (tertiary alicyclic amines) is 1. The maximum absolute atomic E-state index is 13.8. The number of nitrogens with one attached hydrogen (secondary N) is 3. The van der Waals surface area contributed by atoms with Crippen molar-refractivity contribution < 1.29 is 18.3 Å². The number of ether oxygens (including phenoxy) is 2. The van der Waals surface area contributed by atoms with Gasteiger partial charge in [-0.1, -0.05) is 11.6 Å². The van der Waals surface area contributed by atoms with Crippen LogP contribution in [0.3, 0.4) is 0 Å². The first kappa shape index (κ1) is 34.1. The van der Waals surface area contributed by atoms with Crippen LogP contribution < -0.4 is 25.4 Å². The van der Waals surface area contributed by atoms with E-state index in [9.17, 15) is 8.78 Å². The van der Waals surface area contributed by atoms with Crippen LogP contribution in [-0.4, -0.2) is 76.3 Å². The highest BCUT2D eigenvalue weighted by Crippen LogP contribution is 2.35. The van der Waals surface area contributed by atoms with E-state index >= 15 is 0 Å². The van der Waals surface area contributed by atoms with E-state index in [-0.39, 0.29) is 34.3 Å². The monoisotopic (exact) mass is 672 g/mol. The predicted octanol–water partition coefficient (Wildman–Crippen LogP) is 6.23. The second kappa shape index (κ2) is 17.1. The highest BCUT2D eigenvalue weighted by Gasteiger charge is 2.23. The molecule has 0 bridgehead atoms. The van der Waals surface area contributed by atoms with E-state index in [1.807, 2.05) is 26.0 Å². The number of hydrogen-bond acceptors (Lipinski definition) is 10. The Labute approximate surface area is 271 Å². The van der Waals surface area contributed by atoms with Crippen molar-refractivity contribution in [2.24, 2.45) is 0 Å². The normalized spacial score (nSPS) is 16.2. The number of anilines is 2. The third-order valence-corrected chi connectivity index (χ3v) is 7.92. The van der Waals surface area contributed by atoms with Crippen LogP contribution >= 0.6 is 34.8 Å². The molecule has 5 rings (SSSR count). The van der Waals surface area contributed by atoms with Gasteiger partial charge in [-0.2, -0.15) is 9.97 Å². The van der Waals surface area contributed by atoms with Gasteiger partial charge in [-0.15, -0.1) is 0 Å². The van der Waals surface area contributed by atoms with Crippen molar-refractivity contribution >= 4 is 46.4 Å². The largest absolute Gasteiger partial charge is 0.494 e. The second-order valence-electron chi connectivity index (χ2n) is 10.3. The molecule has 44 heavy (non-hydrogen) atoms. The quantitative estimate of drug-likeness (QED) is 0.214. The first-order valence-electron chi connectivity index (χ1n) is 14.7. The van der Waals surface area contributed by atoms with Crippen LogP contribution in [0.15, 0.2) is 24.5 Å². The van der Waals surface area contributed by atoms with Gasteiger partial charge in [0.05, 0.1) is 30.6 Å². The fourth-order valence-corrected chi connectivity index (χ4v) is 5.47. The van der Waals surface area contributed by atoms with Crippen molar-refractivity contribution in [2.45, 2.75) is 58.2 Å². The van der Waals surface area contributed by atoms with Gasteiger partial charge < -0.3 is 25.4 Å². The Morgan fingerprint density at radius 2 is 1.39 bits per heavy atom. The Bertz CT molecular complexity index is 1360. The van der Waals surface area contributed by atoms with Crippen molar-refractivity contribution in [3.05, 3.63) is 57.3 Å². The maximum atomic E-state index is 13.8. The van der Waals surface area contributed by atoms with E-state index in [2.05, 4.69) is 40.8 Å². The third kappa shape index (κ3) is 10.1. The number of halogens is 5. The van der Waals surface area contributed by atoms with Crippen LogP contribution in [0.25, 0.3) is 0 Å². The Hall–Kier alpha value is -2.77. The average molecular weight is 674 g/mol. The molecule has 2 aliphatic heterocycles. The lowest BCUT2D eigenvalue weighted by molar-refractivity contribution is 0.210. The molecule has 0 radical (unpaired) electrons. The zero-order valence-electron chi connectivity index (χ0n) is 24.7. The molecule has 2 aliphatic rings. The first-order valence-corrected chi connectivity index (χ1v) is 15.8. The standard InChI is InChI=1S/C20H25Cl2FN4O2.C9H12ClFN4/c1-3-28-15-9-13(18(21)17(10-15)29-4-2)12-27-7-5-14(6-8-27)25-19-16(23)11-24-20(22)26-19;10-9-13-5-7(11)8(15-9)14-6-1-3-12-4-2-6/h9-11,14H,3-8,12H2,1-2H3,(H,24,25,26);5-6,12H,1-4H2,(H,13,14,15). The summed E-state index contributed by atoms with van der Waals surface area (Å²) in [5.74, 6) is 0.780. The molecule has 0 amide bonds. The lowest BCUT2D eigenvalue weighted by atomic mass is 10.0. The summed E-state index contributed by atoms with van der Waals surface area (Å²) >= 11 is 17.9. The highest BCUT2D eigenvalue weighted by molar-refractivity contribution is 6.33. The maximum Gasteiger partial charge on any atom is 0.224 e. The van der Waals surface area contributed by atoms with E-state index in [0.29, 0.717) is 30.5 Å². The molecule has 0 saturated carbocycles. The fourth-order valence-electron chi connectivity index (χ4n) is 4.98. The second-order valence-corrected chi connectivity index (χ2v) is 11.3. The molecule has 240 valence electrons. The van der Waals surface area contributed by atoms with Crippen LogP contribution in [0.4, 0.5) is 20.4 Å². The number of rotatable bonds is 10. The molecule has 0 atom stereocenters. The lowest BCUT2D eigenvalue weighted by Crippen LogP contribution is -2.39. The van der Waals surface area contributed by atoms with Gasteiger partial charge in [-0.05, 0) is 87.5 Å². The van der Waals surface area contributed by atoms with Crippen molar-refractivity contribution in [1.29, 1.82) is 0 Å². The molecule has 0 aliphatic carbocycles. The summed E-state index contributed by atoms with van der Waals surface area (Å²) in [7, 11) is 0. The van der Waals surface area contributed by atoms with Crippen molar-refractivity contribution in [3.8, 4) is 11.5 Å². The number of piperidine rings is 2. The Morgan fingerprint density at radius 3 is 1.93 bits per heavy atom. The summed E-state index contributed by atoms with van der Waals surface area (Å²) in [5.41, 5.74) is 0.973. The fraction of sp³-hybridized carbons (Fsp3) is 0.517. The number of benzene rings is 1. The van der Waals surface area contributed by atoms with Gasteiger partial charge in [0.1, 0.15) is 11.5 Å². The summed E-state index contributed by atoms with van der Waals surface area (Å²) in [5, 5.41) is 10.1. The molecule has 2 fully saturated rings. The molecule has 0 spiro atoms. The Balaban J connectivity index is 0.000000246. The number of nitrogens with zero attached hydrogens (tertiary/aromatic N) is 5. The van der Waals surface area contributed by atoms with Gasteiger partial charge in [-0.3, -0.25) is 4.90 Å². The summed E-state index contributed by atoms with van der Waals surface area (Å²) in [4.78, 5) is 17.3. The van der Waals surface area contributed by atoms with Gasteiger partial charge in [0, 0.05) is 37.8 Å². The van der Waals surface area contributed by atoms with Gasteiger partial charge in [-0.25, -0.2) is 18.7 Å². The van der Waals surface area contributed by atoms with Crippen LogP contribution in [0, 0.1) is 11.6 Å². The smallest absolute Gasteiger partial charge is 0.224 e. The van der Waals surface area contributed by atoms with Gasteiger partial charge >= 0.3 is 0 Å². The molecule has 2 saturated heterocycles. The van der Waals surface area contributed by atoms with Gasteiger partial charge in [0.15, 0.2) is 23.3 Å². The van der Waals surface area contributed by atoms with Crippen LogP contribution in [-0.2, 0) is 6.54 Å². The van der Waals surface area contributed by atoms with Crippen molar-refractivity contribution in [2.75, 3.05) is 50.0 Å². The van der Waals surface area contributed by atoms with Crippen LogP contribution in [0.5, 0.6) is 11.5 Å². The lowest BCUT2D eigenvalue weighted by Gasteiger charge is -2.33. The summed E-state index contributed by atoms with van der Waals surface area (Å²) in [6.07, 6.45) is 5.78. The van der Waals surface area contributed by atoms with Crippen LogP contribution in [0.2, 0.25) is 15.6 Å². The molecular formula is C29H37Cl3F2N8O2. The Morgan fingerprint density at radius 1 is 0.841 bits per heavy atom. The SMILES string of the molecule is CCOc1cc(CN2CCC(Nc3nc(Cl)ncc3F)CC2)c(Cl)c(OCC)c1.Fc1cnc(Cl)nc1NC1CCNCC1. The van der Waals surface area contributed by atoms with E-state index in [0.717, 1.165) is 75.6 Å².